The van der Waals surface area contributed by atoms with Crippen LogP contribution in [-0.4, -0.2) is 19.0 Å². The van der Waals surface area contributed by atoms with Gasteiger partial charge in [-0.15, -0.1) is 0 Å². The lowest BCUT2D eigenvalue weighted by molar-refractivity contribution is -0.120. The zero-order valence-corrected chi connectivity index (χ0v) is 8.90. The summed E-state index contributed by atoms with van der Waals surface area (Å²) in [7, 11) is 1.50. The Morgan fingerprint density at radius 1 is 1.27 bits per heavy atom. The summed E-state index contributed by atoms with van der Waals surface area (Å²) >= 11 is 0. The predicted molar refractivity (Wildman–Crippen MR) is 52.3 cm³/mol. The number of alkyl halides is 3. The van der Waals surface area contributed by atoms with E-state index in [1.165, 1.54) is 7.05 Å². The van der Waals surface area contributed by atoms with Gasteiger partial charge in [-0.3, -0.25) is 4.79 Å². The molecule has 0 aromatic heterocycles. The first-order chi connectivity index (χ1) is 6.95. The highest BCUT2D eigenvalue weighted by Gasteiger charge is 2.36. The molecule has 0 spiro atoms. The van der Waals surface area contributed by atoms with Crippen LogP contribution in [0.15, 0.2) is 23.4 Å². The second-order valence-electron chi connectivity index (χ2n) is 2.62. The Morgan fingerprint density at radius 2 is 1.80 bits per heavy atom. The number of rotatable bonds is 1. The summed E-state index contributed by atoms with van der Waals surface area (Å²) < 4.78 is 36.2. The second-order valence-corrected chi connectivity index (χ2v) is 2.62. The van der Waals surface area contributed by atoms with Crippen LogP contribution in [0.2, 0.25) is 0 Å². The number of hydrogen-bond donors (Lipinski definition) is 1. The second kappa shape index (κ2) is 5.58. The van der Waals surface area contributed by atoms with E-state index in [2.05, 4.69) is 5.32 Å². The maximum Gasteiger partial charge on any atom is 0.413 e. The van der Waals surface area contributed by atoms with Crippen molar-refractivity contribution >= 4 is 5.78 Å². The molecule has 0 aromatic carbocycles. The SMILES string of the molecule is CC.CNC1=CC=C(C(F)(F)F)CC1=O. The van der Waals surface area contributed by atoms with Crippen molar-refractivity contribution in [3.8, 4) is 0 Å². The molecule has 0 aromatic rings. The van der Waals surface area contributed by atoms with E-state index in [0.29, 0.717) is 0 Å². The highest BCUT2D eigenvalue weighted by molar-refractivity contribution is 5.97. The van der Waals surface area contributed by atoms with E-state index < -0.39 is 24.0 Å². The van der Waals surface area contributed by atoms with Crippen LogP contribution >= 0.6 is 0 Å². The number of halogens is 3. The van der Waals surface area contributed by atoms with Gasteiger partial charge in [-0.2, -0.15) is 13.2 Å². The maximum absolute atomic E-state index is 12.1. The van der Waals surface area contributed by atoms with Crippen molar-refractivity contribution in [1.29, 1.82) is 0 Å². The van der Waals surface area contributed by atoms with E-state index in [-0.39, 0.29) is 5.70 Å². The van der Waals surface area contributed by atoms with Gasteiger partial charge in [-0.05, 0) is 6.08 Å². The van der Waals surface area contributed by atoms with Crippen LogP contribution in [0.5, 0.6) is 0 Å². The van der Waals surface area contributed by atoms with E-state index in [1.807, 2.05) is 13.8 Å². The average molecular weight is 221 g/mol. The Kier molecular flexibility index (Phi) is 5.11. The highest BCUT2D eigenvalue weighted by Crippen LogP contribution is 2.30. The zero-order valence-electron chi connectivity index (χ0n) is 8.90. The Morgan fingerprint density at radius 3 is 2.13 bits per heavy atom. The third-order valence-electron chi connectivity index (χ3n) is 1.74. The normalized spacial score (nSPS) is 16.0. The number of carbonyl (C=O) groups excluding carboxylic acids is 1. The summed E-state index contributed by atoms with van der Waals surface area (Å²) in [6.45, 7) is 4.00. The minimum Gasteiger partial charge on any atom is -0.385 e. The number of Topliss-reactive ketones (excluding diaryl/α,β-unsaturated/α-hetero) is 1. The lowest BCUT2D eigenvalue weighted by atomic mass is 10.0. The van der Waals surface area contributed by atoms with E-state index >= 15 is 0 Å². The smallest absolute Gasteiger partial charge is 0.385 e. The lowest BCUT2D eigenvalue weighted by Crippen LogP contribution is -2.23. The average Bonchev–Trinajstić information content (AvgIpc) is 2.19. The first-order valence-electron chi connectivity index (χ1n) is 4.64. The van der Waals surface area contributed by atoms with Crippen molar-refractivity contribution in [2.24, 2.45) is 0 Å². The number of hydrogen-bond acceptors (Lipinski definition) is 2. The fourth-order valence-electron chi connectivity index (χ4n) is 1.02. The third-order valence-corrected chi connectivity index (χ3v) is 1.74. The highest BCUT2D eigenvalue weighted by atomic mass is 19.4. The summed E-state index contributed by atoms with van der Waals surface area (Å²) in [5.74, 6) is -0.530. The van der Waals surface area contributed by atoms with Gasteiger partial charge >= 0.3 is 6.18 Å². The molecule has 0 bridgehead atoms. The standard InChI is InChI=1S/C8H8F3NO.C2H6/c1-12-6-3-2-5(4-7(6)13)8(9,10)11;1-2/h2-3,12H,4H2,1H3;1-2H3. The Labute approximate surface area is 86.9 Å². The molecule has 0 fully saturated rings. The summed E-state index contributed by atoms with van der Waals surface area (Å²) in [5, 5.41) is 2.53. The number of likely N-dealkylation sites (N-methyl/N-ethyl adjacent to an activating group) is 1. The molecule has 0 saturated heterocycles. The molecule has 0 radical (unpaired) electrons. The number of allylic oxidation sites excluding steroid dienone is 4. The van der Waals surface area contributed by atoms with Gasteiger partial charge in [0, 0.05) is 19.0 Å². The number of nitrogens with one attached hydrogen (secondary N) is 1. The van der Waals surface area contributed by atoms with E-state index in [1.54, 1.807) is 0 Å². The van der Waals surface area contributed by atoms with E-state index in [9.17, 15) is 18.0 Å². The molecule has 15 heavy (non-hydrogen) atoms. The summed E-state index contributed by atoms with van der Waals surface area (Å²) in [4.78, 5) is 11.0. The molecule has 1 aliphatic rings. The Hall–Kier alpha value is -1.26. The van der Waals surface area contributed by atoms with Crippen molar-refractivity contribution < 1.29 is 18.0 Å². The summed E-state index contributed by atoms with van der Waals surface area (Å²) in [5.41, 5.74) is -0.579. The molecule has 0 atom stereocenters. The van der Waals surface area contributed by atoms with Gasteiger partial charge in [0.15, 0.2) is 5.78 Å². The molecule has 0 unspecified atom stereocenters. The number of ketones is 1. The van der Waals surface area contributed by atoms with Gasteiger partial charge in [0.2, 0.25) is 0 Å². The van der Waals surface area contributed by atoms with Gasteiger partial charge in [0.1, 0.15) is 0 Å². The third kappa shape index (κ3) is 3.77. The van der Waals surface area contributed by atoms with Crippen molar-refractivity contribution in [2.45, 2.75) is 26.4 Å². The first kappa shape index (κ1) is 13.7. The van der Waals surface area contributed by atoms with Crippen LogP contribution in [0.4, 0.5) is 13.2 Å². The topological polar surface area (TPSA) is 29.1 Å². The van der Waals surface area contributed by atoms with Gasteiger partial charge in [-0.1, -0.05) is 19.9 Å². The van der Waals surface area contributed by atoms with Crippen LogP contribution in [0.1, 0.15) is 20.3 Å². The maximum atomic E-state index is 12.1. The monoisotopic (exact) mass is 221 g/mol. The molecule has 0 saturated carbocycles. The van der Waals surface area contributed by atoms with Crippen molar-refractivity contribution in [2.75, 3.05) is 7.05 Å². The zero-order chi connectivity index (χ0) is 12.1. The predicted octanol–water partition coefficient (Wildman–Crippen LogP) is 2.58. The molecule has 86 valence electrons. The van der Waals surface area contributed by atoms with Crippen molar-refractivity contribution in [3.05, 3.63) is 23.4 Å². The fourth-order valence-corrected chi connectivity index (χ4v) is 1.02. The van der Waals surface area contributed by atoms with Gasteiger partial charge in [-0.25, -0.2) is 0 Å². The molecule has 5 heteroatoms. The molecular formula is C10H14F3NO. The van der Waals surface area contributed by atoms with Crippen LogP contribution in [0.25, 0.3) is 0 Å². The molecule has 0 amide bonds. The largest absolute Gasteiger partial charge is 0.413 e. The Balaban J connectivity index is 0.000000921. The molecule has 1 aliphatic carbocycles. The number of carbonyl (C=O) groups is 1. The van der Waals surface area contributed by atoms with Crippen molar-refractivity contribution in [3.63, 3.8) is 0 Å². The van der Waals surface area contributed by atoms with Crippen LogP contribution < -0.4 is 5.32 Å². The molecule has 1 rings (SSSR count). The van der Waals surface area contributed by atoms with Gasteiger partial charge in [0.05, 0.1) is 5.70 Å². The van der Waals surface area contributed by atoms with Crippen LogP contribution in [0, 0.1) is 0 Å². The van der Waals surface area contributed by atoms with Gasteiger partial charge in [0.25, 0.3) is 0 Å². The molecule has 0 aliphatic heterocycles. The first-order valence-corrected chi connectivity index (χ1v) is 4.64. The minimum absolute atomic E-state index is 0.216. The van der Waals surface area contributed by atoms with Gasteiger partial charge < -0.3 is 5.32 Å². The summed E-state index contributed by atoms with van der Waals surface area (Å²) in [6, 6.07) is 0. The summed E-state index contributed by atoms with van der Waals surface area (Å²) in [6.07, 6.45) is -2.90. The molecular weight excluding hydrogens is 207 g/mol. The fraction of sp³-hybridized carbons (Fsp3) is 0.500. The van der Waals surface area contributed by atoms with E-state index in [0.717, 1.165) is 12.2 Å². The molecule has 1 N–H and O–H groups in total. The minimum atomic E-state index is -4.40. The quantitative estimate of drug-likeness (QED) is 0.737. The lowest BCUT2D eigenvalue weighted by Gasteiger charge is -2.15. The van der Waals surface area contributed by atoms with Crippen LogP contribution in [-0.2, 0) is 4.79 Å². The molecule has 0 heterocycles. The van der Waals surface area contributed by atoms with Crippen molar-refractivity contribution in [1.82, 2.24) is 5.32 Å². The molecule has 2 nitrogen and oxygen atoms in total. The van der Waals surface area contributed by atoms with E-state index in [4.69, 9.17) is 0 Å². The van der Waals surface area contributed by atoms with Crippen LogP contribution in [0.3, 0.4) is 0 Å². The Bertz CT molecular complexity index is 290.